The Morgan fingerprint density at radius 1 is 0.952 bits per heavy atom. The second-order valence-corrected chi connectivity index (χ2v) is 5.37. The molecule has 0 amide bonds. The van der Waals surface area contributed by atoms with Gasteiger partial charge in [-0.3, -0.25) is 4.79 Å². The molecule has 21 heavy (non-hydrogen) atoms. The van der Waals surface area contributed by atoms with Crippen molar-refractivity contribution in [3.8, 4) is 0 Å². The number of carbonyl (C=O) groups is 1. The van der Waals surface area contributed by atoms with Crippen LogP contribution in [0.15, 0.2) is 54.6 Å². The molecule has 0 aromatic heterocycles. The van der Waals surface area contributed by atoms with Crippen molar-refractivity contribution in [3.63, 3.8) is 0 Å². The quantitative estimate of drug-likeness (QED) is 0.596. The highest BCUT2D eigenvalue weighted by Gasteiger charge is 2.16. The average Bonchev–Trinajstić information content (AvgIpc) is 2.47. The number of ketones is 1. The van der Waals surface area contributed by atoms with Crippen molar-refractivity contribution in [3.05, 3.63) is 82.1 Å². The normalized spacial score (nSPS) is 10.8. The third-order valence-electron chi connectivity index (χ3n) is 3.55. The summed E-state index contributed by atoms with van der Waals surface area (Å²) in [5.74, 6) is -0.449. The number of aryl methyl sites for hydroxylation is 1. The molecule has 1 nitrogen and oxygen atoms in total. The predicted octanol–water partition coefficient (Wildman–Crippen LogP) is 5.17. The van der Waals surface area contributed by atoms with Gasteiger partial charge in [0.1, 0.15) is 5.82 Å². The van der Waals surface area contributed by atoms with Crippen LogP contribution in [0.25, 0.3) is 10.8 Å². The number of hydrogen-bond acceptors (Lipinski definition) is 1. The summed E-state index contributed by atoms with van der Waals surface area (Å²) >= 11 is 5.92. The van der Waals surface area contributed by atoms with E-state index in [1.54, 1.807) is 42.5 Å². The van der Waals surface area contributed by atoms with E-state index >= 15 is 0 Å². The maximum atomic E-state index is 13.8. The Labute approximate surface area is 127 Å². The minimum atomic E-state index is -0.324. The maximum absolute atomic E-state index is 13.8. The summed E-state index contributed by atoms with van der Waals surface area (Å²) in [4.78, 5) is 12.7. The summed E-state index contributed by atoms with van der Waals surface area (Å²) in [6.45, 7) is 1.84. The second kappa shape index (κ2) is 5.30. The molecule has 0 N–H and O–H groups in total. The molecule has 3 rings (SSSR count). The standard InChI is InChI=1S/C18H12ClFO/c1-11-10-12(19)6-7-13(11)18(21)16-8-9-17(20)15-5-3-2-4-14(15)16/h2-10H,1H3. The molecular weight excluding hydrogens is 287 g/mol. The summed E-state index contributed by atoms with van der Waals surface area (Å²) in [5.41, 5.74) is 1.88. The first-order chi connectivity index (χ1) is 10.1. The molecule has 0 radical (unpaired) electrons. The van der Waals surface area contributed by atoms with Crippen LogP contribution in [0.1, 0.15) is 21.5 Å². The Kier molecular flexibility index (Phi) is 3.48. The van der Waals surface area contributed by atoms with Gasteiger partial charge >= 0.3 is 0 Å². The third kappa shape index (κ3) is 2.43. The van der Waals surface area contributed by atoms with Crippen LogP contribution in [0.2, 0.25) is 5.02 Å². The molecule has 0 unspecified atom stereocenters. The van der Waals surface area contributed by atoms with Crippen molar-refractivity contribution in [1.82, 2.24) is 0 Å². The Hall–Kier alpha value is -2.19. The first-order valence-corrected chi connectivity index (χ1v) is 6.94. The highest BCUT2D eigenvalue weighted by Crippen LogP contribution is 2.25. The SMILES string of the molecule is Cc1cc(Cl)ccc1C(=O)c1ccc(F)c2ccccc12. The van der Waals surface area contributed by atoms with Crippen LogP contribution >= 0.6 is 11.6 Å². The molecule has 0 aliphatic heterocycles. The van der Waals surface area contributed by atoms with Crippen LogP contribution < -0.4 is 0 Å². The minimum Gasteiger partial charge on any atom is -0.289 e. The number of fused-ring (bicyclic) bond motifs is 1. The summed E-state index contributed by atoms with van der Waals surface area (Å²) < 4.78 is 13.8. The predicted molar refractivity (Wildman–Crippen MR) is 83.5 cm³/mol. The summed E-state index contributed by atoms with van der Waals surface area (Å²) in [7, 11) is 0. The molecule has 104 valence electrons. The Balaban J connectivity index is 2.21. The van der Waals surface area contributed by atoms with Crippen LogP contribution in [-0.2, 0) is 0 Å². The van der Waals surface area contributed by atoms with Gasteiger partial charge in [0.15, 0.2) is 5.78 Å². The van der Waals surface area contributed by atoms with Gasteiger partial charge in [-0.05, 0) is 48.2 Å². The fourth-order valence-electron chi connectivity index (χ4n) is 2.49. The number of halogens is 2. The second-order valence-electron chi connectivity index (χ2n) is 4.93. The smallest absolute Gasteiger partial charge is 0.193 e. The minimum absolute atomic E-state index is 0.125. The zero-order valence-electron chi connectivity index (χ0n) is 11.4. The van der Waals surface area contributed by atoms with E-state index in [0.29, 0.717) is 26.9 Å². The van der Waals surface area contributed by atoms with E-state index in [4.69, 9.17) is 11.6 Å². The lowest BCUT2D eigenvalue weighted by Gasteiger charge is -2.09. The summed E-state index contributed by atoms with van der Waals surface area (Å²) in [5, 5.41) is 1.67. The highest BCUT2D eigenvalue weighted by molar-refractivity contribution is 6.31. The van der Waals surface area contributed by atoms with Crippen molar-refractivity contribution in [2.75, 3.05) is 0 Å². The van der Waals surface area contributed by atoms with E-state index in [-0.39, 0.29) is 11.6 Å². The first kappa shape index (κ1) is 13.8. The van der Waals surface area contributed by atoms with E-state index in [2.05, 4.69) is 0 Å². The molecule has 0 saturated carbocycles. The van der Waals surface area contributed by atoms with Gasteiger partial charge in [-0.15, -0.1) is 0 Å². The zero-order valence-corrected chi connectivity index (χ0v) is 12.1. The van der Waals surface area contributed by atoms with Crippen molar-refractivity contribution < 1.29 is 9.18 Å². The van der Waals surface area contributed by atoms with E-state index in [1.165, 1.54) is 12.1 Å². The highest BCUT2D eigenvalue weighted by atomic mass is 35.5. The molecule has 0 spiro atoms. The monoisotopic (exact) mass is 298 g/mol. The van der Waals surface area contributed by atoms with Crippen LogP contribution in [-0.4, -0.2) is 5.78 Å². The molecular formula is C18H12ClFO. The van der Waals surface area contributed by atoms with E-state index in [1.807, 2.05) is 6.92 Å². The number of benzene rings is 3. The third-order valence-corrected chi connectivity index (χ3v) is 3.78. The lowest BCUT2D eigenvalue weighted by Crippen LogP contribution is -2.05. The van der Waals surface area contributed by atoms with Gasteiger partial charge in [0.05, 0.1) is 0 Å². The Bertz CT molecular complexity index is 855. The lowest BCUT2D eigenvalue weighted by atomic mass is 9.95. The van der Waals surface area contributed by atoms with E-state index < -0.39 is 0 Å². The van der Waals surface area contributed by atoms with E-state index in [9.17, 15) is 9.18 Å². The van der Waals surface area contributed by atoms with Crippen LogP contribution in [0.4, 0.5) is 4.39 Å². The lowest BCUT2D eigenvalue weighted by molar-refractivity contribution is 0.103. The van der Waals surface area contributed by atoms with Crippen LogP contribution in [0.3, 0.4) is 0 Å². The summed E-state index contributed by atoms with van der Waals surface area (Å²) in [6.07, 6.45) is 0. The Morgan fingerprint density at radius 3 is 2.33 bits per heavy atom. The largest absolute Gasteiger partial charge is 0.289 e. The van der Waals surface area contributed by atoms with Gasteiger partial charge in [-0.2, -0.15) is 0 Å². The van der Waals surface area contributed by atoms with Gasteiger partial charge in [0, 0.05) is 21.5 Å². The summed E-state index contributed by atoms with van der Waals surface area (Å²) in [6, 6.07) is 15.0. The van der Waals surface area contributed by atoms with E-state index in [0.717, 1.165) is 5.56 Å². The average molecular weight is 299 g/mol. The van der Waals surface area contributed by atoms with Crippen molar-refractivity contribution in [1.29, 1.82) is 0 Å². The molecule has 3 aromatic carbocycles. The fraction of sp³-hybridized carbons (Fsp3) is 0.0556. The van der Waals surface area contributed by atoms with Crippen molar-refractivity contribution in [2.45, 2.75) is 6.92 Å². The van der Waals surface area contributed by atoms with Crippen molar-refractivity contribution in [2.24, 2.45) is 0 Å². The molecule has 0 heterocycles. The fourth-order valence-corrected chi connectivity index (χ4v) is 2.71. The number of rotatable bonds is 2. The first-order valence-electron chi connectivity index (χ1n) is 6.56. The topological polar surface area (TPSA) is 17.1 Å². The molecule has 0 aliphatic rings. The van der Waals surface area contributed by atoms with Gasteiger partial charge < -0.3 is 0 Å². The van der Waals surface area contributed by atoms with Gasteiger partial charge in [0.2, 0.25) is 0 Å². The molecule has 3 aromatic rings. The molecule has 3 heteroatoms. The number of hydrogen-bond donors (Lipinski definition) is 0. The Morgan fingerprint density at radius 2 is 1.62 bits per heavy atom. The number of carbonyl (C=O) groups excluding carboxylic acids is 1. The van der Waals surface area contributed by atoms with Gasteiger partial charge in [-0.25, -0.2) is 4.39 Å². The molecule has 0 bridgehead atoms. The van der Waals surface area contributed by atoms with Crippen LogP contribution in [0.5, 0.6) is 0 Å². The van der Waals surface area contributed by atoms with Gasteiger partial charge in [0.25, 0.3) is 0 Å². The molecule has 0 fully saturated rings. The molecule has 0 saturated heterocycles. The van der Waals surface area contributed by atoms with Gasteiger partial charge in [-0.1, -0.05) is 35.9 Å². The zero-order chi connectivity index (χ0) is 15.0. The maximum Gasteiger partial charge on any atom is 0.193 e. The molecule has 0 atom stereocenters. The van der Waals surface area contributed by atoms with Crippen LogP contribution in [0, 0.1) is 12.7 Å². The molecule has 0 aliphatic carbocycles. The van der Waals surface area contributed by atoms with Crippen molar-refractivity contribution >= 4 is 28.2 Å².